The number of rotatable bonds is 12. The van der Waals surface area contributed by atoms with Crippen LogP contribution in [0.1, 0.15) is 16.7 Å². The van der Waals surface area contributed by atoms with E-state index in [2.05, 4.69) is 498 Å². The summed E-state index contributed by atoms with van der Waals surface area (Å²) in [5, 5.41) is 40.4. The van der Waals surface area contributed by atoms with Gasteiger partial charge in [-0.25, -0.2) is 0 Å². The van der Waals surface area contributed by atoms with Crippen molar-refractivity contribution in [2.45, 2.75) is 26.9 Å². The zero-order valence-corrected chi connectivity index (χ0v) is 80.4. The SMILES string of the molecule is C=C/C=C\c1cc2c3ccc(-c4ccc5cc6c7ccccc7c7cc8c(cc7c6cc5c4)-c4ccc(-c5c6ccccc6c(-c6ccc7c(c6)c6ccccc6n7-c6ccccc6)c6ccccc56)cc4[Si]8(c4ccccc4)c4ccccc4)cc3c3cc4c(cc3c2cc1C)-c1ccc(-c2c3ccccc3c(N(c3ccccc3C)c3cccc5c3oc3ccccc35)c3ccccc23)cc1[Si]4(C)C. The van der Waals surface area contributed by atoms with E-state index in [-0.39, 0.29) is 0 Å². The third-order valence-corrected chi connectivity index (χ3v) is 40.3. The number of nitrogens with zero attached hydrogens (tertiary/aromatic N) is 2. The van der Waals surface area contributed by atoms with Crippen LogP contribution in [0.15, 0.2) is 466 Å². The lowest BCUT2D eigenvalue weighted by atomic mass is 9.85. The lowest BCUT2D eigenvalue weighted by Crippen LogP contribution is -2.72. The van der Waals surface area contributed by atoms with Gasteiger partial charge in [0, 0.05) is 43.7 Å². The Morgan fingerprint density at radius 3 is 1.34 bits per heavy atom. The molecule has 25 aromatic carbocycles. The van der Waals surface area contributed by atoms with Crippen molar-refractivity contribution in [1.29, 1.82) is 0 Å². The number of hydrogen-bond acceptors (Lipinski definition) is 2. The fourth-order valence-corrected chi connectivity index (χ4v) is 33.9. The molecule has 4 heterocycles. The molecule has 0 aliphatic carbocycles. The zero-order chi connectivity index (χ0) is 93.4. The van der Waals surface area contributed by atoms with Crippen LogP contribution in [0.4, 0.5) is 17.1 Å². The molecule has 27 aromatic rings. The number of hydrogen-bond donors (Lipinski definition) is 0. The van der Waals surface area contributed by atoms with Crippen LogP contribution >= 0.6 is 0 Å². The fourth-order valence-electron chi connectivity index (χ4n) is 25.6. The second-order valence-corrected chi connectivity index (χ2v) is 47.6. The number of para-hydroxylation sites is 5. The maximum Gasteiger partial charge on any atom is 0.180 e. The minimum absolute atomic E-state index is 0.863. The standard InChI is InChI=1S/C136H90N2OSi2/c1-6-7-35-84-71-112-97-65-61-86(72-114(97)119-80-129-121(78-116(119)111(112)69-83(84)3)100-66-62-89(76-128(100)140(129,4)5)134-106-50-24-26-52-108(106)135(109-53-27-25-51-107(109)134)138(123-55-30-17-34-82(123)2)126-57-33-54-110-99-45-29-32-58-127(99)139-136(110)126)85-59-60-87-73-113-95-42-18-19-43-96(95)118-81-131-122(79-117(118)115(113)75-91(87)70-85)101-67-63-90(77-130(101)141(131,93-38-13-9-14-39-93)94-40-15-10-16-41-94)133-104-48-22-20-46-102(104)132(103-47-21-23-49-105(103)133)88-64-68-125-120(74-88)98-44-28-31-56-124(98)137(125)92-36-11-8-12-37-92/h6-81H,1H2,2-5H3/b35-7-. The van der Waals surface area contributed by atoms with E-state index in [1.807, 2.05) is 6.08 Å². The zero-order valence-electron chi connectivity index (χ0n) is 78.4. The number of benzene rings is 25. The van der Waals surface area contributed by atoms with E-state index in [0.29, 0.717) is 0 Å². The molecule has 0 saturated heterocycles. The van der Waals surface area contributed by atoms with E-state index in [1.165, 1.54) is 255 Å². The molecule has 0 bridgehead atoms. The highest BCUT2D eigenvalue weighted by Crippen LogP contribution is 2.55. The maximum atomic E-state index is 6.94. The van der Waals surface area contributed by atoms with Crippen LogP contribution in [0.2, 0.25) is 13.1 Å². The van der Waals surface area contributed by atoms with E-state index in [0.717, 1.165) is 44.7 Å². The van der Waals surface area contributed by atoms with E-state index in [9.17, 15) is 0 Å². The smallest absolute Gasteiger partial charge is 0.180 e. The molecule has 3 nitrogen and oxygen atoms in total. The average molecular weight is 1820 g/mol. The van der Waals surface area contributed by atoms with Gasteiger partial charge in [-0.05, 0) is 327 Å². The van der Waals surface area contributed by atoms with E-state index < -0.39 is 16.1 Å². The minimum Gasteiger partial charge on any atom is -0.454 e. The van der Waals surface area contributed by atoms with Gasteiger partial charge < -0.3 is 13.9 Å². The minimum atomic E-state index is -3.18. The van der Waals surface area contributed by atoms with Crippen molar-refractivity contribution in [3.8, 4) is 72.4 Å². The largest absolute Gasteiger partial charge is 0.454 e. The number of aryl methyl sites for hydroxylation is 2. The Morgan fingerprint density at radius 1 is 0.270 bits per heavy atom. The van der Waals surface area contributed by atoms with Crippen LogP contribution in [0.25, 0.3) is 241 Å². The van der Waals surface area contributed by atoms with Crippen molar-refractivity contribution < 1.29 is 4.42 Å². The first-order valence-corrected chi connectivity index (χ1v) is 54.3. The van der Waals surface area contributed by atoms with Crippen molar-refractivity contribution in [2.24, 2.45) is 0 Å². The summed E-state index contributed by atoms with van der Waals surface area (Å²) in [7, 11) is -5.66. The molecule has 0 unspecified atom stereocenters. The third-order valence-electron chi connectivity index (χ3n) is 31.9. The molecule has 0 spiro atoms. The topological polar surface area (TPSA) is 21.3 Å². The van der Waals surface area contributed by atoms with Gasteiger partial charge in [0.25, 0.3) is 0 Å². The van der Waals surface area contributed by atoms with Crippen LogP contribution in [-0.2, 0) is 0 Å². The van der Waals surface area contributed by atoms with Gasteiger partial charge in [0.05, 0.1) is 22.4 Å². The molecule has 0 N–H and O–H groups in total. The predicted molar refractivity (Wildman–Crippen MR) is 611 cm³/mol. The van der Waals surface area contributed by atoms with Crippen LogP contribution in [0.3, 0.4) is 0 Å². The summed E-state index contributed by atoms with van der Waals surface area (Å²) in [6.07, 6.45) is 6.17. The van der Waals surface area contributed by atoms with Gasteiger partial charge in [0.1, 0.15) is 13.7 Å². The third kappa shape index (κ3) is 11.8. The molecule has 0 atom stereocenters. The highest BCUT2D eigenvalue weighted by molar-refractivity contribution is 7.22. The highest BCUT2D eigenvalue weighted by atomic mass is 28.3. The number of allylic oxidation sites excluding steroid dienone is 2. The van der Waals surface area contributed by atoms with Crippen LogP contribution < -0.4 is 36.0 Å². The number of furan rings is 1. The van der Waals surface area contributed by atoms with Gasteiger partial charge in [-0.2, -0.15) is 0 Å². The van der Waals surface area contributed by atoms with Gasteiger partial charge in [-0.15, -0.1) is 0 Å². The average Bonchev–Trinajstić information content (AvgIpc) is 1.52. The van der Waals surface area contributed by atoms with Crippen molar-refractivity contribution in [1.82, 2.24) is 4.57 Å². The Kier molecular flexibility index (Phi) is 17.7. The summed E-state index contributed by atoms with van der Waals surface area (Å²) in [4.78, 5) is 2.48. The molecule has 0 saturated carbocycles. The molecule has 29 rings (SSSR count). The molecule has 0 radical (unpaired) electrons. The maximum absolute atomic E-state index is 6.94. The first kappa shape index (κ1) is 80.9. The Balaban J connectivity index is 0.586. The summed E-state index contributed by atoms with van der Waals surface area (Å²) in [6.45, 7) is 13.8. The van der Waals surface area contributed by atoms with Crippen molar-refractivity contribution in [3.05, 3.63) is 478 Å². The molecule has 2 aromatic heterocycles. The highest BCUT2D eigenvalue weighted by Gasteiger charge is 2.50. The van der Waals surface area contributed by atoms with Gasteiger partial charge in [-0.3, -0.25) is 0 Å². The Morgan fingerprint density at radius 2 is 0.688 bits per heavy atom. The fraction of sp³-hybridized carbons (Fsp3) is 0.0294. The number of aromatic nitrogens is 1. The first-order valence-electron chi connectivity index (χ1n) is 49.3. The van der Waals surface area contributed by atoms with Crippen LogP contribution in [0, 0.1) is 13.8 Å². The van der Waals surface area contributed by atoms with Crippen molar-refractivity contribution in [2.75, 3.05) is 4.90 Å². The molecular weight excluding hydrogens is 1730 g/mol. The van der Waals surface area contributed by atoms with Gasteiger partial charge in [0.2, 0.25) is 0 Å². The van der Waals surface area contributed by atoms with E-state index in [1.54, 1.807) is 0 Å². The lowest BCUT2D eigenvalue weighted by Gasteiger charge is -2.32. The second kappa shape index (κ2) is 30.8. The van der Waals surface area contributed by atoms with Crippen molar-refractivity contribution >= 4 is 233 Å². The molecule has 2 aliphatic heterocycles. The summed E-state index contributed by atoms with van der Waals surface area (Å²) < 4.78 is 9.36. The quantitative estimate of drug-likeness (QED) is 0.0526. The molecule has 658 valence electrons. The molecule has 2 aliphatic rings. The van der Waals surface area contributed by atoms with Gasteiger partial charge in [0.15, 0.2) is 13.7 Å². The van der Waals surface area contributed by atoms with Gasteiger partial charge >= 0.3 is 0 Å². The van der Waals surface area contributed by atoms with Crippen LogP contribution in [-0.4, -0.2) is 20.7 Å². The lowest BCUT2D eigenvalue weighted by molar-refractivity contribution is 0.669. The summed E-state index contributed by atoms with van der Waals surface area (Å²) in [5.74, 6) is 0. The predicted octanol–water partition coefficient (Wildman–Crippen LogP) is 33.5. The van der Waals surface area contributed by atoms with E-state index >= 15 is 0 Å². The molecule has 141 heavy (non-hydrogen) atoms. The molecule has 0 fully saturated rings. The van der Waals surface area contributed by atoms with Crippen LogP contribution in [0.5, 0.6) is 0 Å². The Labute approximate surface area is 818 Å². The Bertz CT molecular complexity index is 10100. The number of fused-ring (bicyclic) bond motifs is 29. The van der Waals surface area contributed by atoms with Crippen molar-refractivity contribution in [3.63, 3.8) is 0 Å². The monoisotopic (exact) mass is 1820 g/mol. The summed E-state index contributed by atoms with van der Waals surface area (Å²) in [6, 6.07) is 170. The second-order valence-electron chi connectivity index (χ2n) is 39.6. The normalized spacial score (nSPS) is 13.2. The van der Waals surface area contributed by atoms with Gasteiger partial charge in [-0.1, -0.05) is 390 Å². The summed E-state index contributed by atoms with van der Waals surface area (Å²) in [5.41, 5.74) is 27.2. The molecule has 5 heteroatoms. The molecule has 0 amide bonds. The number of anilines is 3. The Hall–Kier alpha value is -17.3. The summed E-state index contributed by atoms with van der Waals surface area (Å²) >= 11 is 0. The first-order chi connectivity index (χ1) is 69.5. The van der Waals surface area contributed by atoms with E-state index in [4.69, 9.17) is 4.42 Å². The molecular formula is C136H90N2OSi2.